The average Bonchev–Trinajstić information content (AvgIpc) is 3.22. The number of amides is 1. The maximum Gasteiger partial charge on any atom is 0.291 e. The van der Waals surface area contributed by atoms with Crippen molar-refractivity contribution in [3.63, 3.8) is 0 Å². The van der Waals surface area contributed by atoms with Gasteiger partial charge >= 0.3 is 0 Å². The molecule has 0 fully saturated rings. The molecule has 0 radical (unpaired) electrons. The number of carbonyl (C=O) groups is 1. The van der Waals surface area contributed by atoms with E-state index < -0.39 is 17.9 Å². The van der Waals surface area contributed by atoms with Gasteiger partial charge in [0.05, 0.1) is 18.1 Å². The topological polar surface area (TPSA) is 60.3 Å². The van der Waals surface area contributed by atoms with E-state index in [2.05, 4.69) is 16.9 Å². The van der Waals surface area contributed by atoms with Crippen LogP contribution in [0.3, 0.4) is 0 Å². The second-order valence-corrected chi connectivity index (χ2v) is 7.31. The van der Waals surface area contributed by atoms with Gasteiger partial charge in [-0.2, -0.15) is 0 Å². The van der Waals surface area contributed by atoms with Crippen LogP contribution in [0.25, 0.3) is 11.3 Å². The summed E-state index contributed by atoms with van der Waals surface area (Å²) in [5.74, 6) is -0.723. The number of alkyl halides is 2. The van der Waals surface area contributed by atoms with Crippen molar-refractivity contribution < 1.29 is 22.7 Å². The number of fused-ring (bicyclic) bond motifs is 1. The van der Waals surface area contributed by atoms with Crippen LogP contribution in [-0.2, 0) is 6.67 Å². The molecule has 0 atom stereocenters. The molecule has 3 aromatic rings. The Morgan fingerprint density at radius 2 is 2.00 bits per heavy atom. The molecule has 0 spiro atoms. The van der Waals surface area contributed by atoms with E-state index >= 15 is 0 Å². The van der Waals surface area contributed by atoms with Gasteiger partial charge in [-0.3, -0.25) is 4.79 Å². The molecule has 3 heterocycles. The Labute approximate surface area is 177 Å². The molecule has 4 rings (SSSR count). The van der Waals surface area contributed by atoms with Crippen molar-refractivity contribution in [3.8, 4) is 22.9 Å². The van der Waals surface area contributed by atoms with E-state index in [1.807, 2.05) is 0 Å². The number of aromatic nitrogens is 3. The number of ether oxygens (including phenoxy) is 1. The van der Waals surface area contributed by atoms with Crippen LogP contribution in [0.15, 0.2) is 36.4 Å². The van der Waals surface area contributed by atoms with Gasteiger partial charge < -0.3 is 14.2 Å². The fourth-order valence-corrected chi connectivity index (χ4v) is 3.59. The summed E-state index contributed by atoms with van der Waals surface area (Å²) < 4.78 is 47.6. The highest BCUT2D eigenvalue weighted by Gasteiger charge is 2.32. The first-order valence-electron chi connectivity index (χ1n) is 9.98. The van der Waals surface area contributed by atoms with Crippen LogP contribution < -0.4 is 4.74 Å². The lowest BCUT2D eigenvalue weighted by Crippen LogP contribution is -2.26. The summed E-state index contributed by atoms with van der Waals surface area (Å²) in [6.45, 7) is 4.84. The van der Waals surface area contributed by atoms with Gasteiger partial charge in [-0.15, -0.1) is 0 Å². The fraction of sp³-hybridized carbons (Fsp3) is 0.318. The van der Waals surface area contributed by atoms with E-state index in [4.69, 9.17) is 4.74 Å². The molecule has 0 N–H and O–H groups in total. The monoisotopic (exact) mass is 430 g/mol. The Morgan fingerprint density at radius 1 is 1.19 bits per heavy atom. The van der Waals surface area contributed by atoms with E-state index in [1.54, 1.807) is 22.5 Å². The van der Waals surface area contributed by atoms with E-state index in [1.165, 1.54) is 30.3 Å². The first kappa shape index (κ1) is 20.9. The third-order valence-electron chi connectivity index (χ3n) is 5.10. The number of hydrogen-bond acceptors (Lipinski definition) is 4. The van der Waals surface area contributed by atoms with Crippen LogP contribution in [0.1, 0.15) is 48.2 Å². The molecule has 2 aromatic heterocycles. The molecule has 1 aliphatic rings. The lowest BCUT2D eigenvalue weighted by atomic mass is 10.1. The van der Waals surface area contributed by atoms with Crippen LogP contribution in [-0.4, -0.2) is 31.9 Å². The van der Waals surface area contributed by atoms with Gasteiger partial charge in [0.1, 0.15) is 5.69 Å². The molecule has 0 saturated carbocycles. The van der Waals surface area contributed by atoms with E-state index in [0.717, 1.165) is 12.8 Å². The number of pyridine rings is 1. The summed E-state index contributed by atoms with van der Waals surface area (Å²) in [5, 5.41) is 0. The number of nitrogens with zero attached hydrogens (tertiary/aromatic N) is 4. The molecule has 0 bridgehead atoms. The number of carbonyl (C=O) groups excluding carboxylic acids is 1. The number of halogens is 3. The molecule has 6 nitrogen and oxygen atoms in total. The number of benzene rings is 1. The normalized spacial score (nSPS) is 13.2. The third kappa shape index (κ3) is 3.99. The van der Waals surface area contributed by atoms with E-state index in [-0.39, 0.29) is 17.5 Å². The zero-order valence-electron chi connectivity index (χ0n) is 17.1. The highest BCUT2D eigenvalue weighted by Crippen LogP contribution is 2.33. The summed E-state index contributed by atoms with van der Waals surface area (Å²) in [6, 6.07) is 8.26. The van der Waals surface area contributed by atoms with Gasteiger partial charge in [0.15, 0.2) is 11.6 Å². The van der Waals surface area contributed by atoms with Gasteiger partial charge in [-0.1, -0.05) is 19.4 Å². The molecule has 1 amide bonds. The highest BCUT2D eigenvalue weighted by atomic mass is 19.3. The molecule has 1 aliphatic heterocycles. The summed E-state index contributed by atoms with van der Waals surface area (Å²) in [7, 11) is 0. The lowest BCUT2D eigenvalue weighted by molar-refractivity contribution is 0.0763. The minimum atomic E-state index is -2.75. The quantitative estimate of drug-likeness (QED) is 0.508. The summed E-state index contributed by atoms with van der Waals surface area (Å²) in [6.07, 6.45) is -0.881. The van der Waals surface area contributed by atoms with Crippen molar-refractivity contribution in [2.24, 2.45) is 0 Å². The third-order valence-corrected chi connectivity index (χ3v) is 5.10. The standard InChI is InChI=1S/C22H21F3N4O2/c1-3-4-10-28-12-29-19(13(2)26-21(29)22(28)30)14-8-9-17(15(23)11-14)31-18-7-5-6-16(27-18)20(24)25/h5-9,11,20H,3-4,10,12H2,1-2H3. The molecule has 9 heteroatoms. The van der Waals surface area contributed by atoms with Gasteiger partial charge in [-0.25, -0.2) is 23.1 Å². The summed E-state index contributed by atoms with van der Waals surface area (Å²) in [4.78, 5) is 22.4. The fourth-order valence-electron chi connectivity index (χ4n) is 3.59. The summed E-state index contributed by atoms with van der Waals surface area (Å²) in [5.41, 5.74) is 1.38. The largest absolute Gasteiger partial charge is 0.436 e. The Bertz CT molecular complexity index is 1130. The van der Waals surface area contributed by atoms with E-state index in [9.17, 15) is 18.0 Å². The first-order chi connectivity index (χ1) is 14.9. The number of aryl methyl sites for hydroxylation is 1. The number of imidazole rings is 1. The Morgan fingerprint density at radius 3 is 2.71 bits per heavy atom. The van der Waals surface area contributed by atoms with Crippen molar-refractivity contribution in [2.75, 3.05) is 6.54 Å². The molecule has 162 valence electrons. The minimum Gasteiger partial charge on any atom is -0.436 e. The predicted octanol–water partition coefficient (Wildman–Crippen LogP) is 5.34. The Kier molecular flexibility index (Phi) is 5.67. The summed E-state index contributed by atoms with van der Waals surface area (Å²) >= 11 is 0. The molecule has 31 heavy (non-hydrogen) atoms. The minimum absolute atomic E-state index is 0.122. The predicted molar refractivity (Wildman–Crippen MR) is 108 cm³/mol. The second-order valence-electron chi connectivity index (χ2n) is 7.31. The van der Waals surface area contributed by atoms with Gasteiger partial charge in [-0.05, 0) is 37.6 Å². The molecule has 0 aliphatic carbocycles. The smallest absolute Gasteiger partial charge is 0.291 e. The van der Waals surface area contributed by atoms with Crippen molar-refractivity contribution in [1.82, 2.24) is 19.4 Å². The van der Waals surface area contributed by atoms with Crippen LogP contribution in [0, 0.1) is 12.7 Å². The second kappa shape index (κ2) is 8.41. The molecule has 0 unspecified atom stereocenters. The lowest BCUT2D eigenvalue weighted by Gasteiger charge is -2.16. The van der Waals surface area contributed by atoms with Crippen LogP contribution >= 0.6 is 0 Å². The van der Waals surface area contributed by atoms with Crippen molar-refractivity contribution in [3.05, 3.63) is 59.4 Å². The first-order valence-corrected chi connectivity index (χ1v) is 9.98. The van der Waals surface area contributed by atoms with Crippen molar-refractivity contribution in [1.29, 1.82) is 0 Å². The van der Waals surface area contributed by atoms with Gasteiger partial charge in [0.2, 0.25) is 11.7 Å². The molecule has 1 aromatic carbocycles. The van der Waals surface area contributed by atoms with E-state index in [0.29, 0.717) is 36.0 Å². The molecular formula is C22H21F3N4O2. The number of hydrogen-bond donors (Lipinski definition) is 0. The Hall–Kier alpha value is -3.36. The maximum absolute atomic E-state index is 14.8. The number of rotatable bonds is 7. The van der Waals surface area contributed by atoms with Crippen molar-refractivity contribution >= 4 is 5.91 Å². The SMILES string of the molecule is CCCCN1Cn2c(nc(C)c2-c2ccc(Oc3cccc(C(F)F)n3)c(F)c2)C1=O. The van der Waals surface area contributed by atoms with Crippen molar-refractivity contribution in [2.45, 2.75) is 39.8 Å². The molecular weight excluding hydrogens is 409 g/mol. The van der Waals surface area contributed by atoms with Crippen LogP contribution in [0.2, 0.25) is 0 Å². The van der Waals surface area contributed by atoms with Gasteiger partial charge in [0, 0.05) is 18.2 Å². The zero-order valence-corrected chi connectivity index (χ0v) is 17.1. The van der Waals surface area contributed by atoms with Crippen LogP contribution in [0.5, 0.6) is 11.6 Å². The highest BCUT2D eigenvalue weighted by molar-refractivity contribution is 5.94. The van der Waals surface area contributed by atoms with Gasteiger partial charge in [0.25, 0.3) is 12.3 Å². The zero-order chi connectivity index (χ0) is 22.1. The maximum atomic E-state index is 14.8. The van der Waals surface area contributed by atoms with Crippen LogP contribution in [0.4, 0.5) is 13.2 Å². The average molecular weight is 430 g/mol. The molecule has 0 saturated heterocycles. The Balaban J connectivity index is 1.61. The number of unbranched alkanes of at least 4 members (excludes halogenated alkanes) is 1.